The van der Waals surface area contributed by atoms with Crippen molar-refractivity contribution in [2.45, 2.75) is 45.6 Å². The molecule has 1 N–H and O–H groups in total. The Bertz CT molecular complexity index is 312. The van der Waals surface area contributed by atoms with Crippen molar-refractivity contribution in [1.29, 1.82) is 5.26 Å². The predicted molar refractivity (Wildman–Crippen MR) is 69.1 cm³/mol. The largest absolute Gasteiger partial charge is 0.466 e. The Hall–Kier alpha value is -1.61. The van der Waals surface area contributed by atoms with Gasteiger partial charge in [0.25, 0.3) is 0 Å². The first kappa shape index (κ1) is 17.4. The van der Waals surface area contributed by atoms with E-state index in [1.807, 2.05) is 0 Å². The molecule has 19 heavy (non-hydrogen) atoms. The number of rotatable bonds is 10. The second-order valence-corrected chi connectivity index (χ2v) is 3.88. The van der Waals surface area contributed by atoms with Gasteiger partial charge in [-0.25, -0.2) is 0 Å². The molecule has 0 heterocycles. The van der Waals surface area contributed by atoms with Crippen LogP contribution in [0, 0.1) is 11.3 Å². The third-order valence-corrected chi connectivity index (χ3v) is 2.35. The highest BCUT2D eigenvalue weighted by Crippen LogP contribution is 2.00. The highest BCUT2D eigenvalue weighted by molar-refractivity contribution is 5.82. The van der Waals surface area contributed by atoms with Gasteiger partial charge in [0, 0.05) is 6.42 Å². The topological polar surface area (TPSA) is 88.4 Å². The molecule has 6 heteroatoms. The molecule has 0 spiro atoms. The van der Waals surface area contributed by atoms with Crippen molar-refractivity contribution in [3.8, 4) is 6.07 Å². The number of nitrogens with zero attached hydrogens (tertiary/aromatic N) is 1. The number of nitrogens with one attached hydrogen (secondary N) is 1. The lowest BCUT2D eigenvalue weighted by molar-refractivity contribution is -0.152. The molecule has 0 amide bonds. The molecule has 108 valence electrons. The van der Waals surface area contributed by atoms with E-state index in [9.17, 15) is 9.59 Å². The van der Waals surface area contributed by atoms with Gasteiger partial charge < -0.3 is 14.8 Å². The molecule has 0 rings (SSSR count). The van der Waals surface area contributed by atoms with Gasteiger partial charge in [-0.2, -0.15) is 5.26 Å². The lowest BCUT2D eigenvalue weighted by Gasteiger charge is -2.16. The average molecular weight is 270 g/mol. The van der Waals surface area contributed by atoms with E-state index in [-0.39, 0.29) is 19.6 Å². The maximum atomic E-state index is 11.7. The first-order chi connectivity index (χ1) is 9.15. The smallest absolute Gasteiger partial charge is 0.323 e. The molecular weight excluding hydrogens is 248 g/mol. The number of hydrogen-bond acceptors (Lipinski definition) is 6. The number of carbonyl (C=O) groups excluding carboxylic acids is 2. The Morgan fingerprint density at radius 2 is 1.89 bits per heavy atom. The number of hydrogen-bond donors (Lipinski definition) is 1. The molecule has 0 saturated carbocycles. The fourth-order valence-corrected chi connectivity index (χ4v) is 1.47. The van der Waals surface area contributed by atoms with E-state index >= 15 is 0 Å². The zero-order valence-electron chi connectivity index (χ0n) is 11.6. The van der Waals surface area contributed by atoms with E-state index in [1.165, 1.54) is 0 Å². The van der Waals surface area contributed by atoms with Crippen molar-refractivity contribution < 1.29 is 19.1 Å². The summed E-state index contributed by atoms with van der Waals surface area (Å²) in [6.07, 6.45) is 1.99. The van der Waals surface area contributed by atoms with Gasteiger partial charge in [0.15, 0.2) is 0 Å². The van der Waals surface area contributed by atoms with Gasteiger partial charge in [0.1, 0.15) is 6.04 Å². The first-order valence-electron chi connectivity index (χ1n) is 6.58. The maximum Gasteiger partial charge on any atom is 0.323 e. The fraction of sp³-hybridized carbons (Fsp3) is 0.769. The molecule has 0 aromatic rings. The summed E-state index contributed by atoms with van der Waals surface area (Å²) < 4.78 is 9.72. The van der Waals surface area contributed by atoms with E-state index in [2.05, 4.69) is 11.4 Å². The lowest BCUT2D eigenvalue weighted by atomic mass is 10.2. The van der Waals surface area contributed by atoms with Crippen LogP contribution in [0.4, 0.5) is 0 Å². The van der Waals surface area contributed by atoms with Crippen LogP contribution >= 0.6 is 0 Å². The number of ether oxygens (including phenoxy) is 2. The van der Waals surface area contributed by atoms with E-state index in [0.717, 1.165) is 12.8 Å². The first-order valence-corrected chi connectivity index (χ1v) is 6.58. The molecular formula is C13H22N2O4. The van der Waals surface area contributed by atoms with Gasteiger partial charge in [-0.15, -0.1) is 0 Å². The molecule has 6 nitrogen and oxygen atoms in total. The normalized spacial score (nSPS) is 11.4. The SMILES string of the molecule is CCOC(=O)C[C@H](NCCCCC#N)C(=O)OCC. The maximum absolute atomic E-state index is 11.7. The van der Waals surface area contributed by atoms with Crippen LogP contribution in [0.5, 0.6) is 0 Å². The van der Waals surface area contributed by atoms with Crippen LogP contribution in [-0.4, -0.2) is 37.7 Å². The van der Waals surface area contributed by atoms with Gasteiger partial charge >= 0.3 is 11.9 Å². The number of esters is 2. The minimum absolute atomic E-state index is 0.0368. The molecule has 0 aliphatic heterocycles. The zero-order valence-corrected chi connectivity index (χ0v) is 11.6. The highest BCUT2D eigenvalue weighted by Gasteiger charge is 2.23. The number of carbonyl (C=O) groups is 2. The summed E-state index contributed by atoms with van der Waals surface area (Å²) in [5.74, 6) is -0.874. The Labute approximate surface area is 114 Å². The van der Waals surface area contributed by atoms with E-state index in [1.54, 1.807) is 13.8 Å². The van der Waals surface area contributed by atoms with Crippen LogP contribution in [0.2, 0.25) is 0 Å². The molecule has 0 aliphatic rings. The van der Waals surface area contributed by atoms with Crippen LogP contribution in [0.15, 0.2) is 0 Å². The van der Waals surface area contributed by atoms with Gasteiger partial charge in [-0.05, 0) is 33.2 Å². The van der Waals surface area contributed by atoms with Crippen molar-refractivity contribution in [2.75, 3.05) is 19.8 Å². The van der Waals surface area contributed by atoms with Crippen molar-refractivity contribution in [1.82, 2.24) is 5.32 Å². The molecule has 0 unspecified atom stereocenters. The Balaban J connectivity index is 4.14. The standard InChI is InChI=1S/C13H22N2O4/c1-3-18-12(16)10-11(13(17)19-4-2)15-9-7-5-6-8-14/h11,15H,3-7,9-10H2,1-2H3/t11-/m0/s1. The lowest BCUT2D eigenvalue weighted by Crippen LogP contribution is -2.40. The summed E-state index contributed by atoms with van der Waals surface area (Å²) in [7, 11) is 0. The second-order valence-electron chi connectivity index (χ2n) is 3.88. The van der Waals surface area contributed by atoms with Crippen molar-refractivity contribution in [3.63, 3.8) is 0 Å². The van der Waals surface area contributed by atoms with E-state index in [4.69, 9.17) is 14.7 Å². The summed E-state index contributed by atoms with van der Waals surface area (Å²) in [5.41, 5.74) is 0. The molecule has 0 aliphatic carbocycles. The minimum Gasteiger partial charge on any atom is -0.466 e. The van der Waals surface area contributed by atoms with Crippen LogP contribution in [0.25, 0.3) is 0 Å². The predicted octanol–water partition coefficient (Wildman–Crippen LogP) is 1.15. The summed E-state index contributed by atoms with van der Waals surface area (Å²) in [5, 5.41) is 11.4. The molecule has 1 atom stereocenters. The monoisotopic (exact) mass is 270 g/mol. The number of unbranched alkanes of at least 4 members (excludes halogenated alkanes) is 2. The molecule has 0 fully saturated rings. The van der Waals surface area contributed by atoms with Crippen molar-refractivity contribution >= 4 is 11.9 Å². The second kappa shape index (κ2) is 11.5. The van der Waals surface area contributed by atoms with Gasteiger partial charge in [-0.1, -0.05) is 0 Å². The van der Waals surface area contributed by atoms with Crippen molar-refractivity contribution in [2.24, 2.45) is 0 Å². The molecule has 0 radical (unpaired) electrons. The van der Waals surface area contributed by atoms with Crippen LogP contribution in [0.1, 0.15) is 39.5 Å². The zero-order chi connectivity index (χ0) is 14.5. The Morgan fingerprint density at radius 1 is 1.21 bits per heavy atom. The van der Waals surface area contributed by atoms with Gasteiger partial charge in [0.05, 0.1) is 25.7 Å². The average Bonchev–Trinajstić information content (AvgIpc) is 2.37. The van der Waals surface area contributed by atoms with E-state index < -0.39 is 18.0 Å². The fourth-order valence-electron chi connectivity index (χ4n) is 1.47. The Morgan fingerprint density at radius 3 is 2.47 bits per heavy atom. The third kappa shape index (κ3) is 9.03. The number of nitriles is 1. The van der Waals surface area contributed by atoms with Crippen LogP contribution in [-0.2, 0) is 19.1 Å². The molecule has 0 bridgehead atoms. The third-order valence-electron chi connectivity index (χ3n) is 2.35. The summed E-state index contributed by atoms with van der Waals surface area (Å²) in [6.45, 7) is 4.55. The molecule has 0 aromatic heterocycles. The van der Waals surface area contributed by atoms with Crippen molar-refractivity contribution in [3.05, 3.63) is 0 Å². The summed E-state index contributed by atoms with van der Waals surface area (Å²) in [6, 6.07) is 1.37. The summed E-state index contributed by atoms with van der Waals surface area (Å²) in [4.78, 5) is 23.0. The molecule has 0 aromatic carbocycles. The summed E-state index contributed by atoms with van der Waals surface area (Å²) >= 11 is 0. The highest BCUT2D eigenvalue weighted by atomic mass is 16.5. The quantitative estimate of drug-likeness (QED) is 0.473. The van der Waals surface area contributed by atoms with E-state index in [0.29, 0.717) is 13.0 Å². The van der Waals surface area contributed by atoms with Crippen LogP contribution < -0.4 is 5.32 Å². The van der Waals surface area contributed by atoms with Crippen LogP contribution in [0.3, 0.4) is 0 Å². The molecule has 0 saturated heterocycles. The van der Waals surface area contributed by atoms with Gasteiger partial charge in [0.2, 0.25) is 0 Å². The van der Waals surface area contributed by atoms with Gasteiger partial charge in [-0.3, -0.25) is 9.59 Å². The minimum atomic E-state index is -0.680. The Kier molecular flexibility index (Phi) is 10.5.